The average Bonchev–Trinajstić information content (AvgIpc) is 2.46. The maximum absolute atomic E-state index is 12.5. The second-order valence-electron chi connectivity index (χ2n) is 4.86. The maximum Gasteiger partial charge on any atom is 0.305 e. The number of carbonyl (C=O) groups excluding carboxylic acids is 1. The van der Waals surface area contributed by atoms with Crippen LogP contribution in [0, 0.1) is 10.1 Å². The van der Waals surface area contributed by atoms with E-state index >= 15 is 0 Å². The lowest BCUT2D eigenvalue weighted by Gasteiger charge is -2.34. The first-order valence-corrected chi connectivity index (χ1v) is 7.70. The largest absolute Gasteiger partial charge is 0.481 e. The summed E-state index contributed by atoms with van der Waals surface area (Å²) in [6.07, 6.45) is -0.143. The molecule has 2 rings (SSSR count). The van der Waals surface area contributed by atoms with E-state index < -0.39 is 22.8 Å². The highest BCUT2D eigenvalue weighted by Crippen LogP contribution is 2.26. The minimum absolute atomic E-state index is 0.0159. The van der Waals surface area contributed by atoms with Crippen molar-refractivity contribution in [1.29, 1.82) is 0 Å². The fourth-order valence-electron chi connectivity index (χ4n) is 2.29. The monoisotopic (exact) mass is 325 g/mol. The van der Waals surface area contributed by atoms with Crippen LogP contribution in [-0.4, -0.2) is 50.9 Å². The fraction of sp³-hybridized carbons (Fsp3) is 0.385. The summed E-state index contributed by atoms with van der Waals surface area (Å²) >= 11 is 1.59. The Hall–Kier alpha value is -2.29. The molecule has 118 valence electrons. The molecule has 1 unspecified atom stereocenters. The molecule has 1 saturated heterocycles. The summed E-state index contributed by atoms with van der Waals surface area (Å²) in [4.78, 5) is 35.2. The highest BCUT2D eigenvalue weighted by Gasteiger charge is 2.30. The number of anilines is 1. The molecule has 1 aromatic rings. The molecule has 0 aliphatic carbocycles. The molecular formula is C13H15N3O5S. The Balaban J connectivity index is 2.27. The molecule has 3 N–H and O–H groups in total. The Morgan fingerprint density at radius 2 is 2.23 bits per heavy atom. The molecule has 1 heterocycles. The van der Waals surface area contributed by atoms with Gasteiger partial charge in [0.1, 0.15) is 5.69 Å². The summed E-state index contributed by atoms with van der Waals surface area (Å²) < 4.78 is 0. The molecule has 1 aliphatic heterocycles. The number of benzene rings is 1. The van der Waals surface area contributed by atoms with Gasteiger partial charge in [-0.1, -0.05) is 0 Å². The number of carboxylic acid groups (broad SMARTS) is 1. The van der Waals surface area contributed by atoms with Gasteiger partial charge in [0.25, 0.3) is 11.6 Å². The smallest absolute Gasteiger partial charge is 0.305 e. The molecule has 9 heteroatoms. The standard InChI is InChI=1S/C13H15N3O5S/c14-10-2-1-8(5-11(10)16(20)21)13(19)15-3-4-22-7-9(15)6-12(17)18/h1-2,5,9H,3-4,6-7,14H2,(H,17,18). The van der Waals surface area contributed by atoms with Gasteiger partial charge in [0, 0.05) is 29.7 Å². The van der Waals surface area contributed by atoms with Crippen molar-refractivity contribution in [3.63, 3.8) is 0 Å². The number of nitrogens with zero attached hydrogens (tertiary/aromatic N) is 2. The van der Waals surface area contributed by atoms with Crippen LogP contribution in [0.15, 0.2) is 18.2 Å². The number of carbonyl (C=O) groups is 2. The Morgan fingerprint density at radius 1 is 1.50 bits per heavy atom. The van der Waals surface area contributed by atoms with Crippen LogP contribution in [0.5, 0.6) is 0 Å². The number of aliphatic carboxylic acids is 1. The molecule has 1 fully saturated rings. The van der Waals surface area contributed by atoms with Crippen LogP contribution in [0.1, 0.15) is 16.8 Å². The number of carboxylic acids is 1. The van der Waals surface area contributed by atoms with Gasteiger partial charge in [-0.05, 0) is 12.1 Å². The quantitative estimate of drug-likeness (QED) is 0.484. The first-order chi connectivity index (χ1) is 10.4. The summed E-state index contributed by atoms with van der Waals surface area (Å²) in [5.74, 6) is -0.142. The van der Waals surface area contributed by atoms with E-state index in [1.54, 1.807) is 11.8 Å². The van der Waals surface area contributed by atoms with Crippen LogP contribution in [0.2, 0.25) is 0 Å². The summed E-state index contributed by atoms with van der Waals surface area (Å²) in [6.45, 7) is 0.416. The van der Waals surface area contributed by atoms with E-state index in [1.165, 1.54) is 17.0 Å². The predicted octanol–water partition coefficient (Wildman–Crippen LogP) is 1.21. The summed E-state index contributed by atoms with van der Waals surface area (Å²) in [7, 11) is 0. The Kier molecular flexibility index (Phi) is 4.86. The van der Waals surface area contributed by atoms with Gasteiger partial charge >= 0.3 is 5.97 Å². The van der Waals surface area contributed by atoms with Gasteiger partial charge in [0.15, 0.2) is 0 Å². The zero-order valence-corrected chi connectivity index (χ0v) is 12.4. The van der Waals surface area contributed by atoms with Crippen LogP contribution in [0.25, 0.3) is 0 Å². The second kappa shape index (κ2) is 6.65. The van der Waals surface area contributed by atoms with Crippen molar-refractivity contribution in [2.24, 2.45) is 0 Å². The third-order valence-electron chi connectivity index (χ3n) is 3.37. The minimum Gasteiger partial charge on any atom is -0.481 e. The van der Waals surface area contributed by atoms with E-state index in [0.29, 0.717) is 18.1 Å². The number of nitro groups is 1. The molecule has 1 aliphatic rings. The maximum atomic E-state index is 12.5. The molecule has 0 aromatic heterocycles. The molecule has 0 radical (unpaired) electrons. The topological polar surface area (TPSA) is 127 Å². The summed E-state index contributed by atoms with van der Waals surface area (Å²) in [5, 5.41) is 19.8. The normalized spacial score (nSPS) is 18.0. The van der Waals surface area contributed by atoms with Crippen molar-refractivity contribution in [1.82, 2.24) is 4.90 Å². The van der Waals surface area contributed by atoms with E-state index in [0.717, 1.165) is 6.07 Å². The molecule has 1 atom stereocenters. The molecule has 0 bridgehead atoms. The highest BCUT2D eigenvalue weighted by molar-refractivity contribution is 7.99. The molecule has 0 saturated carbocycles. The van der Waals surface area contributed by atoms with Crippen molar-refractivity contribution in [3.8, 4) is 0 Å². The number of hydrogen-bond acceptors (Lipinski definition) is 6. The molecule has 8 nitrogen and oxygen atoms in total. The lowest BCUT2D eigenvalue weighted by molar-refractivity contribution is -0.383. The van der Waals surface area contributed by atoms with Gasteiger partial charge in [0.2, 0.25) is 0 Å². The number of nitrogen functional groups attached to an aromatic ring is 1. The first-order valence-electron chi connectivity index (χ1n) is 6.54. The third kappa shape index (κ3) is 3.48. The van der Waals surface area contributed by atoms with Gasteiger partial charge < -0.3 is 15.7 Å². The number of rotatable bonds is 4. The minimum atomic E-state index is -0.978. The van der Waals surface area contributed by atoms with Gasteiger partial charge in [-0.25, -0.2) is 0 Å². The van der Waals surface area contributed by atoms with Gasteiger partial charge in [-0.2, -0.15) is 11.8 Å². The average molecular weight is 325 g/mol. The summed E-state index contributed by atoms with van der Waals surface area (Å²) in [6, 6.07) is 3.46. The zero-order valence-electron chi connectivity index (χ0n) is 11.6. The van der Waals surface area contributed by atoms with Crippen molar-refractivity contribution in [2.75, 3.05) is 23.8 Å². The van der Waals surface area contributed by atoms with Crippen molar-refractivity contribution >= 4 is 35.0 Å². The number of nitrogens with two attached hydrogens (primary N) is 1. The number of thioether (sulfide) groups is 1. The molecule has 22 heavy (non-hydrogen) atoms. The Morgan fingerprint density at radius 3 is 2.86 bits per heavy atom. The van der Waals surface area contributed by atoms with Crippen molar-refractivity contribution in [3.05, 3.63) is 33.9 Å². The Labute approximate surface area is 130 Å². The molecule has 0 spiro atoms. The fourth-order valence-corrected chi connectivity index (χ4v) is 3.36. The predicted molar refractivity (Wildman–Crippen MR) is 81.9 cm³/mol. The first kappa shape index (κ1) is 16.1. The van der Waals surface area contributed by atoms with E-state index in [-0.39, 0.29) is 23.4 Å². The number of amides is 1. The van der Waals surface area contributed by atoms with Crippen LogP contribution in [0.4, 0.5) is 11.4 Å². The van der Waals surface area contributed by atoms with Gasteiger partial charge in [-0.3, -0.25) is 19.7 Å². The van der Waals surface area contributed by atoms with E-state index in [1.807, 2.05) is 0 Å². The highest BCUT2D eigenvalue weighted by atomic mass is 32.2. The lowest BCUT2D eigenvalue weighted by Crippen LogP contribution is -2.47. The number of hydrogen-bond donors (Lipinski definition) is 2. The van der Waals surface area contributed by atoms with Crippen LogP contribution in [-0.2, 0) is 4.79 Å². The van der Waals surface area contributed by atoms with E-state index in [2.05, 4.69) is 0 Å². The van der Waals surface area contributed by atoms with Crippen LogP contribution in [0.3, 0.4) is 0 Å². The van der Waals surface area contributed by atoms with Crippen LogP contribution < -0.4 is 5.73 Å². The van der Waals surface area contributed by atoms with Gasteiger partial charge in [0.05, 0.1) is 17.4 Å². The molecule has 1 amide bonds. The van der Waals surface area contributed by atoms with Crippen LogP contribution >= 0.6 is 11.8 Å². The third-order valence-corrected chi connectivity index (χ3v) is 4.46. The number of nitro benzene ring substituents is 1. The van der Waals surface area contributed by atoms with E-state index in [4.69, 9.17) is 10.8 Å². The second-order valence-corrected chi connectivity index (χ2v) is 6.01. The van der Waals surface area contributed by atoms with Gasteiger partial charge in [-0.15, -0.1) is 0 Å². The lowest BCUT2D eigenvalue weighted by atomic mass is 10.1. The molecule has 1 aromatic carbocycles. The Bertz CT molecular complexity index is 622. The molecular weight excluding hydrogens is 310 g/mol. The SMILES string of the molecule is Nc1ccc(C(=O)N2CCSCC2CC(=O)O)cc1[N+](=O)[O-]. The van der Waals surface area contributed by atoms with E-state index in [9.17, 15) is 19.7 Å². The summed E-state index contributed by atoms with van der Waals surface area (Å²) in [5.41, 5.74) is 5.31. The van der Waals surface area contributed by atoms with Crippen molar-refractivity contribution < 1.29 is 19.6 Å². The zero-order chi connectivity index (χ0) is 16.3. The van der Waals surface area contributed by atoms with Crippen molar-refractivity contribution in [2.45, 2.75) is 12.5 Å².